The molecule has 0 saturated heterocycles. The quantitative estimate of drug-likeness (QED) is 0.628. The van der Waals surface area contributed by atoms with Crippen LogP contribution in [0.2, 0.25) is 10.0 Å². The van der Waals surface area contributed by atoms with E-state index in [1.807, 2.05) is 0 Å². The third kappa shape index (κ3) is 1.90. The SMILES string of the molecule is CC(C)(C)c1cncc(Cl)c1Cl. The van der Waals surface area contributed by atoms with Gasteiger partial charge in [0.05, 0.1) is 10.0 Å². The first-order chi connectivity index (χ1) is 5.43. The molecule has 0 spiro atoms. The maximum absolute atomic E-state index is 6.01. The highest BCUT2D eigenvalue weighted by Gasteiger charge is 2.18. The van der Waals surface area contributed by atoms with Crippen molar-refractivity contribution in [3.05, 3.63) is 28.0 Å². The van der Waals surface area contributed by atoms with E-state index in [9.17, 15) is 0 Å². The van der Waals surface area contributed by atoms with Crippen molar-refractivity contribution in [3.8, 4) is 0 Å². The van der Waals surface area contributed by atoms with Gasteiger partial charge in [0.15, 0.2) is 0 Å². The predicted molar refractivity (Wildman–Crippen MR) is 53.0 cm³/mol. The summed E-state index contributed by atoms with van der Waals surface area (Å²) in [7, 11) is 0. The lowest BCUT2D eigenvalue weighted by Gasteiger charge is -2.20. The normalized spacial score (nSPS) is 11.8. The van der Waals surface area contributed by atoms with E-state index >= 15 is 0 Å². The van der Waals surface area contributed by atoms with E-state index in [1.165, 1.54) is 0 Å². The minimum Gasteiger partial charge on any atom is -0.263 e. The standard InChI is InChI=1S/C9H11Cl2N/c1-9(2,3)6-4-12-5-7(10)8(6)11/h4-5H,1-3H3. The Bertz CT molecular complexity index is 289. The molecule has 1 nitrogen and oxygen atoms in total. The second-order valence-electron chi connectivity index (χ2n) is 3.73. The number of nitrogens with zero attached hydrogens (tertiary/aromatic N) is 1. The lowest BCUT2D eigenvalue weighted by atomic mass is 9.88. The van der Waals surface area contributed by atoms with E-state index in [0.29, 0.717) is 10.0 Å². The molecule has 0 aliphatic heterocycles. The van der Waals surface area contributed by atoms with E-state index in [-0.39, 0.29) is 5.41 Å². The smallest absolute Gasteiger partial charge is 0.0778 e. The first kappa shape index (κ1) is 9.82. The molecule has 1 aromatic heterocycles. The molecule has 3 heteroatoms. The molecular formula is C9H11Cl2N. The number of hydrogen-bond donors (Lipinski definition) is 0. The van der Waals surface area contributed by atoms with E-state index < -0.39 is 0 Å². The summed E-state index contributed by atoms with van der Waals surface area (Å²) in [5.74, 6) is 0. The number of halogens is 2. The van der Waals surface area contributed by atoms with Gasteiger partial charge in [0.25, 0.3) is 0 Å². The highest BCUT2D eigenvalue weighted by molar-refractivity contribution is 6.42. The highest BCUT2D eigenvalue weighted by Crippen LogP contribution is 2.32. The van der Waals surface area contributed by atoms with Gasteiger partial charge in [-0.25, -0.2) is 0 Å². The van der Waals surface area contributed by atoms with Crippen molar-refractivity contribution in [3.63, 3.8) is 0 Å². The number of aromatic nitrogens is 1. The van der Waals surface area contributed by atoms with Crippen molar-refractivity contribution in [2.24, 2.45) is 0 Å². The Labute approximate surface area is 82.7 Å². The average Bonchev–Trinajstić information content (AvgIpc) is 1.92. The molecular weight excluding hydrogens is 193 g/mol. The molecule has 0 saturated carbocycles. The first-order valence-electron chi connectivity index (χ1n) is 3.72. The van der Waals surface area contributed by atoms with E-state index in [1.54, 1.807) is 12.4 Å². The Kier molecular flexibility index (Phi) is 2.64. The first-order valence-corrected chi connectivity index (χ1v) is 4.48. The van der Waals surface area contributed by atoms with Gasteiger partial charge in [-0.1, -0.05) is 44.0 Å². The molecule has 0 N–H and O–H groups in total. The maximum atomic E-state index is 6.01. The number of hydrogen-bond acceptors (Lipinski definition) is 1. The summed E-state index contributed by atoms with van der Waals surface area (Å²) in [6.45, 7) is 6.23. The molecule has 0 aromatic carbocycles. The molecule has 66 valence electrons. The summed E-state index contributed by atoms with van der Waals surface area (Å²) >= 11 is 11.8. The maximum Gasteiger partial charge on any atom is 0.0778 e. The summed E-state index contributed by atoms with van der Waals surface area (Å²) < 4.78 is 0. The molecule has 1 heterocycles. The summed E-state index contributed by atoms with van der Waals surface area (Å²) in [6.07, 6.45) is 3.31. The fourth-order valence-corrected chi connectivity index (χ4v) is 1.48. The van der Waals surface area contributed by atoms with Crippen LogP contribution in [0.4, 0.5) is 0 Å². The summed E-state index contributed by atoms with van der Waals surface area (Å²) in [5, 5.41) is 1.13. The average molecular weight is 204 g/mol. The Morgan fingerprint density at radius 1 is 1.17 bits per heavy atom. The molecule has 0 aliphatic rings. The van der Waals surface area contributed by atoms with Gasteiger partial charge in [-0.2, -0.15) is 0 Å². The second-order valence-corrected chi connectivity index (χ2v) is 4.52. The molecule has 0 unspecified atom stereocenters. The van der Waals surface area contributed by atoms with E-state index in [2.05, 4.69) is 25.8 Å². The van der Waals surface area contributed by atoms with Crippen molar-refractivity contribution >= 4 is 23.2 Å². The zero-order chi connectivity index (χ0) is 9.35. The fraction of sp³-hybridized carbons (Fsp3) is 0.444. The molecule has 1 rings (SSSR count). The van der Waals surface area contributed by atoms with Gasteiger partial charge in [0.2, 0.25) is 0 Å². The van der Waals surface area contributed by atoms with Crippen molar-refractivity contribution in [2.45, 2.75) is 26.2 Å². The molecule has 0 atom stereocenters. The van der Waals surface area contributed by atoms with Crippen LogP contribution in [0.1, 0.15) is 26.3 Å². The van der Waals surface area contributed by atoms with Gasteiger partial charge in [-0.05, 0) is 11.0 Å². The Morgan fingerprint density at radius 3 is 2.17 bits per heavy atom. The van der Waals surface area contributed by atoms with Crippen LogP contribution in [0.15, 0.2) is 12.4 Å². The van der Waals surface area contributed by atoms with Gasteiger partial charge in [0, 0.05) is 12.4 Å². The Balaban J connectivity index is 3.26. The molecule has 12 heavy (non-hydrogen) atoms. The third-order valence-electron chi connectivity index (χ3n) is 1.65. The minimum absolute atomic E-state index is 0.00498. The van der Waals surface area contributed by atoms with Gasteiger partial charge in [0.1, 0.15) is 0 Å². The van der Waals surface area contributed by atoms with Gasteiger partial charge in [-0.15, -0.1) is 0 Å². The lowest BCUT2D eigenvalue weighted by Crippen LogP contribution is -2.12. The summed E-state index contributed by atoms with van der Waals surface area (Å²) in [4.78, 5) is 4.00. The van der Waals surface area contributed by atoms with E-state index in [4.69, 9.17) is 23.2 Å². The van der Waals surface area contributed by atoms with Crippen LogP contribution in [-0.2, 0) is 5.41 Å². The minimum atomic E-state index is -0.00498. The van der Waals surface area contributed by atoms with Gasteiger partial charge < -0.3 is 0 Å². The molecule has 0 radical (unpaired) electrons. The van der Waals surface area contributed by atoms with Crippen molar-refractivity contribution in [1.29, 1.82) is 0 Å². The molecule has 0 bridgehead atoms. The van der Waals surface area contributed by atoms with Crippen molar-refractivity contribution in [1.82, 2.24) is 4.98 Å². The molecule has 0 amide bonds. The van der Waals surface area contributed by atoms with Crippen LogP contribution in [0.25, 0.3) is 0 Å². The second kappa shape index (κ2) is 3.23. The number of rotatable bonds is 0. The van der Waals surface area contributed by atoms with Crippen molar-refractivity contribution in [2.75, 3.05) is 0 Å². The predicted octanol–water partition coefficient (Wildman–Crippen LogP) is 3.69. The summed E-state index contributed by atoms with van der Waals surface area (Å²) in [6, 6.07) is 0. The summed E-state index contributed by atoms with van der Waals surface area (Å²) in [5.41, 5.74) is 0.978. The fourth-order valence-electron chi connectivity index (χ4n) is 0.942. The van der Waals surface area contributed by atoms with Crippen LogP contribution >= 0.6 is 23.2 Å². The molecule has 1 aromatic rings. The largest absolute Gasteiger partial charge is 0.263 e. The van der Waals surface area contributed by atoms with Gasteiger partial charge in [-0.3, -0.25) is 4.98 Å². The van der Waals surface area contributed by atoms with Crippen LogP contribution in [0.3, 0.4) is 0 Å². The monoisotopic (exact) mass is 203 g/mol. The Morgan fingerprint density at radius 2 is 1.75 bits per heavy atom. The number of pyridine rings is 1. The topological polar surface area (TPSA) is 12.9 Å². The Hall–Kier alpha value is -0.270. The van der Waals surface area contributed by atoms with E-state index in [0.717, 1.165) is 5.56 Å². The zero-order valence-corrected chi connectivity index (χ0v) is 8.87. The van der Waals surface area contributed by atoms with Crippen LogP contribution in [0.5, 0.6) is 0 Å². The van der Waals surface area contributed by atoms with Crippen LogP contribution in [-0.4, -0.2) is 4.98 Å². The highest BCUT2D eigenvalue weighted by atomic mass is 35.5. The third-order valence-corrected chi connectivity index (χ3v) is 2.44. The van der Waals surface area contributed by atoms with Crippen LogP contribution < -0.4 is 0 Å². The van der Waals surface area contributed by atoms with Crippen LogP contribution in [0, 0.1) is 0 Å². The van der Waals surface area contributed by atoms with Crippen molar-refractivity contribution < 1.29 is 0 Å². The lowest BCUT2D eigenvalue weighted by molar-refractivity contribution is 0.588. The zero-order valence-electron chi connectivity index (χ0n) is 7.36. The molecule has 0 fully saturated rings. The van der Waals surface area contributed by atoms with Gasteiger partial charge >= 0.3 is 0 Å². The molecule has 0 aliphatic carbocycles.